The zero-order valence-electron chi connectivity index (χ0n) is 6.41. The lowest BCUT2D eigenvalue weighted by molar-refractivity contribution is -0.158. The summed E-state index contributed by atoms with van der Waals surface area (Å²) >= 11 is 0. The van der Waals surface area contributed by atoms with Crippen molar-refractivity contribution in [3.63, 3.8) is 0 Å². The Morgan fingerprint density at radius 3 is 3.09 bits per heavy atom. The van der Waals surface area contributed by atoms with Gasteiger partial charge in [-0.1, -0.05) is 0 Å². The first-order valence-electron chi connectivity index (χ1n) is 4.11. The molecule has 2 rings (SSSR count). The predicted octanol–water partition coefficient (Wildman–Crippen LogP) is 0.523. The van der Waals surface area contributed by atoms with Gasteiger partial charge in [0.25, 0.3) is 0 Å². The van der Waals surface area contributed by atoms with Crippen molar-refractivity contribution < 1.29 is 14.3 Å². The van der Waals surface area contributed by atoms with Gasteiger partial charge in [0.15, 0.2) is 5.78 Å². The summed E-state index contributed by atoms with van der Waals surface area (Å²) in [4.78, 5) is 10.9. The van der Waals surface area contributed by atoms with Crippen LogP contribution in [0.5, 0.6) is 0 Å². The highest BCUT2D eigenvalue weighted by Gasteiger charge is 2.32. The molecule has 0 aliphatic carbocycles. The standard InChI is InChI=1S/C8H12O3/c9-6-4-8-7(11-5-6)2-1-3-10-8/h7-8H,1-5H2/t7-,8+/m1/s1. The molecule has 3 heteroatoms. The molecule has 2 heterocycles. The van der Waals surface area contributed by atoms with Gasteiger partial charge in [-0.2, -0.15) is 0 Å². The molecule has 0 spiro atoms. The molecule has 0 unspecified atom stereocenters. The number of Topliss-reactive ketones (excluding diaryl/α,β-unsaturated/α-hetero) is 1. The molecule has 2 atom stereocenters. The van der Waals surface area contributed by atoms with Crippen molar-refractivity contribution in [2.75, 3.05) is 13.2 Å². The molecule has 0 aromatic carbocycles. The van der Waals surface area contributed by atoms with Gasteiger partial charge in [-0.25, -0.2) is 0 Å². The third-order valence-corrected chi connectivity index (χ3v) is 2.27. The summed E-state index contributed by atoms with van der Waals surface area (Å²) in [6.07, 6.45) is 2.93. The summed E-state index contributed by atoms with van der Waals surface area (Å²) in [5.41, 5.74) is 0. The van der Waals surface area contributed by atoms with E-state index in [4.69, 9.17) is 9.47 Å². The lowest BCUT2D eigenvalue weighted by Crippen LogP contribution is -2.43. The van der Waals surface area contributed by atoms with Crippen LogP contribution in [0.2, 0.25) is 0 Å². The molecular formula is C8H12O3. The van der Waals surface area contributed by atoms with E-state index in [1.807, 2.05) is 0 Å². The van der Waals surface area contributed by atoms with Gasteiger partial charge in [-0.3, -0.25) is 4.79 Å². The first-order valence-corrected chi connectivity index (χ1v) is 4.11. The minimum atomic E-state index is 0.0602. The number of ketones is 1. The fraction of sp³-hybridized carbons (Fsp3) is 0.875. The van der Waals surface area contributed by atoms with Crippen LogP contribution >= 0.6 is 0 Å². The Morgan fingerprint density at radius 2 is 2.18 bits per heavy atom. The summed E-state index contributed by atoms with van der Waals surface area (Å²) in [6.45, 7) is 1.09. The molecular weight excluding hydrogens is 144 g/mol. The van der Waals surface area contributed by atoms with E-state index in [2.05, 4.69) is 0 Å². The van der Waals surface area contributed by atoms with Gasteiger partial charge >= 0.3 is 0 Å². The van der Waals surface area contributed by atoms with Crippen LogP contribution in [0.3, 0.4) is 0 Å². The van der Waals surface area contributed by atoms with Crippen LogP contribution in [0, 0.1) is 0 Å². The Hall–Kier alpha value is -0.410. The van der Waals surface area contributed by atoms with Crippen molar-refractivity contribution >= 4 is 5.78 Å². The average molecular weight is 156 g/mol. The highest BCUT2D eigenvalue weighted by Crippen LogP contribution is 2.23. The number of hydrogen-bond donors (Lipinski definition) is 0. The van der Waals surface area contributed by atoms with Crippen molar-refractivity contribution in [2.45, 2.75) is 31.5 Å². The molecule has 2 saturated heterocycles. The summed E-state index contributed by atoms with van der Waals surface area (Å²) < 4.78 is 10.7. The second kappa shape index (κ2) is 2.91. The molecule has 0 N–H and O–H groups in total. The molecule has 0 aromatic heterocycles. The molecule has 2 fully saturated rings. The van der Waals surface area contributed by atoms with Gasteiger partial charge in [0.05, 0.1) is 12.2 Å². The first-order chi connectivity index (χ1) is 5.36. The minimum Gasteiger partial charge on any atom is -0.375 e. The third kappa shape index (κ3) is 1.44. The van der Waals surface area contributed by atoms with Gasteiger partial charge < -0.3 is 9.47 Å². The van der Waals surface area contributed by atoms with Crippen LogP contribution in [0.4, 0.5) is 0 Å². The van der Waals surface area contributed by atoms with E-state index >= 15 is 0 Å². The zero-order chi connectivity index (χ0) is 7.68. The molecule has 2 aliphatic heterocycles. The predicted molar refractivity (Wildman–Crippen MR) is 38.3 cm³/mol. The largest absolute Gasteiger partial charge is 0.375 e. The zero-order valence-corrected chi connectivity index (χ0v) is 6.41. The van der Waals surface area contributed by atoms with Gasteiger partial charge in [0.1, 0.15) is 6.61 Å². The molecule has 0 radical (unpaired) electrons. The lowest BCUT2D eigenvalue weighted by Gasteiger charge is -2.34. The van der Waals surface area contributed by atoms with Crippen molar-refractivity contribution in [3.05, 3.63) is 0 Å². The van der Waals surface area contributed by atoms with Gasteiger partial charge in [-0.05, 0) is 12.8 Å². The Morgan fingerprint density at radius 1 is 1.27 bits per heavy atom. The summed E-state index contributed by atoms with van der Waals surface area (Å²) in [7, 11) is 0. The molecule has 0 bridgehead atoms. The smallest absolute Gasteiger partial charge is 0.161 e. The Kier molecular flexibility index (Phi) is 1.92. The highest BCUT2D eigenvalue weighted by molar-refractivity contribution is 5.80. The number of rotatable bonds is 0. The normalized spacial score (nSPS) is 38.4. The second-order valence-electron chi connectivity index (χ2n) is 3.14. The summed E-state index contributed by atoms with van der Waals surface area (Å²) in [6, 6.07) is 0. The number of ether oxygens (including phenoxy) is 2. The molecule has 62 valence electrons. The number of carbonyl (C=O) groups excluding carboxylic acids is 1. The van der Waals surface area contributed by atoms with E-state index < -0.39 is 0 Å². The minimum absolute atomic E-state index is 0.0602. The molecule has 0 saturated carbocycles. The molecule has 0 amide bonds. The maximum Gasteiger partial charge on any atom is 0.161 e. The first kappa shape index (κ1) is 7.25. The third-order valence-electron chi connectivity index (χ3n) is 2.27. The topological polar surface area (TPSA) is 35.5 Å². The summed E-state index contributed by atoms with van der Waals surface area (Å²) in [5.74, 6) is 0.174. The Labute approximate surface area is 65.7 Å². The van der Waals surface area contributed by atoms with E-state index in [9.17, 15) is 4.79 Å². The van der Waals surface area contributed by atoms with Crippen LogP contribution in [0.1, 0.15) is 19.3 Å². The SMILES string of the molecule is O=C1CO[C@@H]2CCCO[C@H]2C1. The molecule has 11 heavy (non-hydrogen) atoms. The van der Waals surface area contributed by atoms with Crippen LogP contribution < -0.4 is 0 Å². The fourth-order valence-corrected chi connectivity index (χ4v) is 1.68. The molecule has 3 nitrogen and oxygen atoms in total. The van der Waals surface area contributed by atoms with Crippen LogP contribution in [0.15, 0.2) is 0 Å². The van der Waals surface area contributed by atoms with E-state index in [0.29, 0.717) is 13.0 Å². The van der Waals surface area contributed by atoms with Crippen molar-refractivity contribution in [3.8, 4) is 0 Å². The maximum atomic E-state index is 10.9. The van der Waals surface area contributed by atoms with Crippen molar-refractivity contribution in [2.24, 2.45) is 0 Å². The molecule has 0 aromatic rings. The lowest BCUT2D eigenvalue weighted by atomic mass is 9.98. The maximum absolute atomic E-state index is 10.9. The Balaban J connectivity index is 1.98. The van der Waals surface area contributed by atoms with E-state index in [1.54, 1.807) is 0 Å². The average Bonchev–Trinajstić information content (AvgIpc) is 2.04. The fourth-order valence-electron chi connectivity index (χ4n) is 1.68. The molecule has 2 aliphatic rings. The number of hydrogen-bond acceptors (Lipinski definition) is 3. The Bertz CT molecular complexity index is 167. The quantitative estimate of drug-likeness (QED) is 0.513. The summed E-state index contributed by atoms with van der Waals surface area (Å²) in [5, 5.41) is 0. The van der Waals surface area contributed by atoms with Crippen molar-refractivity contribution in [1.82, 2.24) is 0 Å². The van der Waals surface area contributed by atoms with Crippen molar-refractivity contribution in [1.29, 1.82) is 0 Å². The van der Waals surface area contributed by atoms with E-state index in [-0.39, 0.29) is 18.0 Å². The van der Waals surface area contributed by atoms with Gasteiger partial charge in [0.2, 0.25) is 0 Å². The monoisotopic (exact) mass is 156 g/mol. The van der Waals surface area contributed by atoms with Gasteiger partial charge in [0, 0.05) is 13.0 Å². The second-order valence-corrected chi connectivity index (χ2v) is 3.14. The highest BCUT2D eigenvalue weighted by atomic mass is 16.5. The van der Waals surface area contributed by atoms with Crippen LogP contribution in [-0.4, -0.2) is 31.2 Å². The number of carbonyl (C=O) groups is 1. The number of fused-ring (bicyclic) bond motifs is 1. The van der Waals surface area contributed by atoms with Gasteiger partial charge in [-0.15, -0.1) is 0 Å². The van der Waals surface area contributed by atoms with E-state index in [1.165, 1.54) is 0 Å². The van der Waals surface area contributed by atoms with Crippen LogP contribution in [-0.2, 0) is 14.3 Å². The van der Waals surface area contributed by atoms with E-state index in [0.717, 1.165) is 19.4 Å². The van der Waals surface area contributed by atoms with Crippen LogP contribution in [0.25, 0.3) is 0 Å².